The van der Waals surface area contributed by atoms with E-state index in [0.717, 1.165) is 38.5 Å². The number of methoxy groups -OCH3 is 1. The van der Waals surface area contributed by atoms with Crippen LogP contribution in [0.15, 0.2) is 23.8 Å². The third-order valence-electron chi connectivity index (χ3n) is 8.10. The summed E-state index contributed by atoms with van der Waals surface area (Å²) in [5.41, 5.74) is 1.63. The summed E-state index contributed by atoms with van der Waals surface area (Å²) in [6, 6.07) is 2.73. The quantitative estimate of drug-likeness (QED) is 0.346. The maximum atomic E-state index is 13.5. The first-order valence-electron chi connectivity index (χ1n) is 14.0. The molecule has 1 heterocycles. The maximum Gasteiger partial charge on any atom is 0.247 e. The van der Waals surface area contributed by atoms with E-state index in [4.69, 9.17) is 9.47 Å². The molecular weight excluding hydrogens is 488 g/mol. The standard InChI is InChI=1S/C29H42N2O7/c1-3-4-10-24(34)31(16-18-8-6-5-7-9-18)22-15-21(29(36)30-11-12-32)25-20-13-19(17-33)14-23(37-2)27(20)38-28(25)26(22)35/h13-15,18,22,25-26,28,32-33,35H,3-12,16-17H2,1-2H3,(H,30,36). The second kappa shape index (κ2) is 13.0. The van der Waals surface area contributed by atoms with Gasteiger partial charge in [-0.15, -0.1) is 0 Å². The smallest absolute Gasteiger partial charge is 0.247 e. The average Bonchev–Trinajstić information content (AvgIpc) is 3.34. The fourth-order valence-corrected chi connectivity index (χ4v) is 6.13. The highest BCUT2D eigenvalue weighted by atomic mass is 16.5. The lowest BCUT2D eigenvalue weighted by atomic mass is 9.76. The summed E-state index contributed by atoms with van der Waals surface area (Å²) in [7, 11) is 1.50. The number of nitrogens with zero attached hydrogens (tertiary/aromatic N) is 1. The van der Waals surface area contributed by atoms with E-state index in [1.807, 2.05) is 6.92 Å². The van der Waals surface area contributed by atoms with Crippen molar-refractivity contribution in [2.45, 2.75) is 89.1 Å². The van der Waals surface area contributed by atoms with Gasteiger partial charge in [0.05, 0.1) is 32.3 Å². The van der Waals surface area contributed by atoms with Crippen molar-refractivity contribution in [3.05, 3.63) is 34.9 Å². The first-order valence-corrected chi connectivity index (χ1v) is 14.0. The maximum absolute atomic E-state index is 13.5. The Morgan fingerprint density at radius 1 is 1.18 bits per heavy atom. The number of carbonyl (C=O) groups excluding carboxylic acids is 2. The van der Waals surface area contributed by atoms with Crippen molar-refractivity contribution in [2.75, 3.05) is 26.8 Å². The number of ether oxygens (including phenoxy) is 2. The molecule has 2 amide bonds. The first kappa shape index (κ1) is 28.4. The van der Waals surface area contributed by atoms with Crippen LogP contribution in [0.3, 0.4) is 0 Å². The van der Waals surface area contributed by atoms with Crippen LogP contribution < -0.4 is 14.8 Å². The summed E-state index contributed by atoms with van der Waals surface area (Å²) < 4.78 is 11.8. The summed E-state index contributed by atoms with van der Waals surface area (Å²) in [4.78, 5) is 28.7. The predicted octanol–water partition coefficient (Wildman–Crippen LogP) is 2.41. The highest BCUT2D eigenvalue weighted by Crippen LogP contribution is 2.51. The van der Waals surface area contributed by atoms with E-state index in [2.05, 4.69) is 5.32 Å². The monoisotopic (exact) mass is 530 g/mol. The van der Waals surface area contributed by atoms with Gasteiger partial charge < -0.3 is 35.0 Å². The van der Waals surface area contributed by atoms with Crippen LogP contribution in [0.25, 0.3) is 0 Å². The van der Waals surface area contributed by atoms with Crippen LogP contribution in [-0.2, 0) is 16.2 Å². The Bertz CT molecular complexity index is 1020. The summed E-state index contributed by atoms with van der Waals surface area (Å²) in [6.45, 7) is 2.23. The van der Waals surface area contributed by atoms with Gasteiger partial charge in [-0.3, -0.25) is 9.59 Å². The van der Waals surface area contributed by atoms with Gasteiger partial charge in [0.2, 0.25) is 11.8 Å². The number of amides is 2. The summed E-state index contributed by atoms with van der Waals surface area (Å²) in [5, 5.41) is 33.6. The van der Waals surface area contributed by atoms with Gasteiger partial charge in [0.15, 0.2) is 11.5 Å². The molecule has 4 unspecified atom stereocenters. The van der Waals surface area contributed by atoms with Crippen LogP contribution in [-0.4, -0.2) is 77.1 Å². The molecule has 1 aromatic rings. The number of fused-ring (bicyclic) bond motifs is 3. The number of benzene rings is 1. The molecule has 0 saturated heterocycles. The van der Waals surface area contributed by atoms with Crippen LogP contribution in [0, 0.1) is 5.92 Å². The van der Waals surface area contributed by atoms with E-state index in [1.54, 1.807) is 23.1 Å². The minimum absolute atomic E-state index is 0.0260. The molecule has 2 aliphatic carbocycles. The molecule has 0 bridgehead atoms. The Labute approximate surface area is 224 Å². The molecule has 210 valence electrons. The molecule has 4 rings (SSSR count). The molecule has 1 aromatic carbocycles. The second-order valence-electron chi connectivity index (χ2n) is 10.7. The number of aliphatic hydroxyl groups is 3. The zero-order valence-electron chi connectivity index (χ0n) is 22.5. The van der Waals surface area contributed by atoms with E-state index >= 15 is 0 Å². The SMILES string of the molecule is CCCCC(=O)N(CC1CCCCC1)C1C=C(C(=O)NCCO)C2c3cc(CO)cc(OC)c3OC2C1O. The molecule has 1 saturated carbocycles. The fourth-order valence-electron chi connectivity index (χ4n) is 6.13. The normalized spacial score (nSPS) is 24.6. The van der Waals surface area contributed by atoms with Crippen molar-refractivity contribution in [3.63, 3.8) is 0 Å². The van der Waals surface area contributed by atoms with Gasteiger partial charge in [0.25, 0.3) is 0 Å². The second-order valence-corrected chi connectivity index (χ2v) is 10.7. The van der Waals surface area contributed by atoms with Gasteiger partial charge in [0.1, 0.15) is 12.2 Å². The van der Waals surface area contributed by atoms with Crippen LogP contribution >= 0.6 is 0 Å². The lowest BCUT2D eigenvalue weighted by Gasteiger charge is -2.42. The van der Waals surface area contributed by atoms with Gasteiger partial charge in [-0.25, -0.2) is 0 Å². The summed E-state index contributed by atoms with van der Waals surface area (Å²) in [6.07, 6.45) is 7.43. The van der Waals surface area contributed by atoms with E-state index in [0.29, 0.717) is 47.1 Å². The molecule has 0 aromatic heterocycles. The number of hydrogen-bond donors (Lipinski definition) is 4. The van der Waals surface area contributed by atoms with Crippen molar-refractivity contribution in [2.24, 2.45) is 5.92 Å². The Morgan fingerprint density at radius 3 is 2.61 bits per heavy atom. The van der Waals surface area contributed by atoms with Gasteiger partial charge in [0, 0.05) is 30.6 Å². The van der Waals surface area contributed by atoms with Crippen LogP contribution in [0.1, 0.15) is 75.3 Å². The van der Waals surface area contributed by atoms with E-state index in [9.17, 15) is 24.9 Å². The van der Waals surface area contributed by atoms with Gasteiger partial charge in [-0.1, -0.05) is 32.6 Å². The fraction of sp³-hybridized carbons (Fsp3) is 0.655. The zero-order chi connectivity index (χ0) is 27.2. The molecule has 9 nitrogen and oxygen atoms in total. The minimum atomic E-state index is -1.07. The van der Waals surface area contributed by atoms with Gasteiger partial charge in [-0.05, 0) is 49.0 Å². The molecule has 4 atom stereocenters. The molecular formula is C29H42N2O7. The Kier molecular flexibility index (Phi) is 9.68. The zero-order valence-corrected chi connectivity index (χ0v) is 22.5. The molecule has 38 heavy (non-hydrogen) atoms. The number of nitrogens with one attached hydrogen (secondary N) is 1. The minimum Gasteiger partial charge on any atom is -0.493 e. The third kappa shape index (κ3) is 5.84. The van der Waals surface area contributed by atoms with Gasteiger partial charge in [-0.2, -0.15) is 0 Å². The Hall–Kier alpha value is -2.62. The molecule has 0 spiro atoms. The Morgan fingerprint density at radius 2 is 1.95 bits per heavy atom. The predicted molar refractivity (Wildman–Crippen MR) is 142 cm³/mol. The highest BCUT2D eigenvalue weighted by Gasteiger charge is 2.51. The van der Waals surface area contributed by atoms with Crippen molar-refractivity contribution in [1.82, 2.24) is 10.2 Å². The van der Waals surface area contributed by atoms with E-state index in [1.165, 1.54) is 13.5 Å². The van der Waals surface area contributed by atoms with Crippen LogP contribution in [0.2, 0.25) is 0 Å². The number of carbonyl (C=O) groups is 2. The number of hydrogen-bond acceptors (Lipinski definition) is 7. The van der Waals surface area contributed by atoms with E-state index < -0.39 is 24.2 Å². The van der Waals surface area contributed by atoms with Crippen LogP contribution in [0.4, 0.5) is 0 Å². The average molecular weight is 531 g/mol. The molecule has 4 N–H and O–H groups in total. The first-order chi connectivity index (χ1) is 18.4. The van der Waals surface area contributed by atoms with E-state index in [-0.39, 0.29) is 31.6 Å². The van der Waals surface area contributed by atoms with Crippen molar-refractivity contribution in [1.29, 1.82) is 0 Å². The van der Waals surface area contributed by atoms with Crippen molar-refractivity contribution >= 4 is 11.8 Å². The summed E-state index contributed by atoms with van der Waals surface area (Å²) in [5.74, 6) is 0.177. The number of unbranched alkanes of at least 4 members (excludes halogenated alkanes) is 1. The highest BCUT2D eigenvalue weighted by molar-refractivity contribution is 5.96. The molecule has 9 heteroatoms. The molecule has 1 fully saturated rings. The number of aliphatic hydroxyl groups excluding tert-OH is 3. The topological polar surface area (TPSA) is 129 Å². The molecule has 1 aliphatic heterocycles. The third-order valence-corrected chi connectivity index (χ3v) is 8.10. The summed E-state index contributed by atoms with van der Waals surface area (Å²) >= 11 is 0. The number of rotatable bonds is 11. The Balaban J connectivity index is 1.76. The van der Waals surface area contributed by atoms with Crippen LogP contribution in [0.5, 0.6) is 11.5 Å². The largest absolute Gasteiger partial charge is 0.493 e. The van der Waals surface area contributed by atoms with Gasteiger partial charge >= 0.3 is 0 Å². The molecule has 0 radical (unpaired) electrons. The lowest BCUT2D eigenvalue weighted by molar-refractivity contribution is -0.138. The lowest BCUT2D eigenvalue weighted by Crippen LogP contribution is -2.56. The molecule has 3 aliphatic rings. The van der Waals surface area contributed by atoms with Crippen molar-refractivity contribution in [3.8, 4) is 11.5 Å². The van der Waals surface area contributed by atoms with Crippen molar-refractivity contribution < 1.29 is 34.4 Å².